The smallest absolute Gasteiger partial charge is 0.0320 e. The third-order valence-corrected chi connectivity index (χ3v) is 1.77. The highest BCUT2D eigenvalue weighted by Gasteiger charge is 1.89. The van der Waals surface area contributed by atoms with E-state index in [2.05, 4.69) is 12.1 Å². The lowest BCUT2D eigenvalue weighted by atomic mass is 10.1. The van der Waals surface area contributed by atoms with Gasteiger partial charge in [-0.15, -0.1) is 0 Å². The van der Waals surface area contributed by atoms with Crippen molar-refractivity contribution in [2.24, 2.45) is 0 Å². The molecule has 2 N–H and O–H groups in total. The van der Waals surface area contributed by atoms with E-state index in [1.165, 1.54) is 10.8 Å². The molecule has 0 aliphatic heterocycles. The maximum absolute atomic E-state index is 5.62. The second-order valence-electron chi connectivity index (χ2n) is 2.61. The van der Waals surface area contributed by atoms with Gasteiger partial charge in [-0.3, -0.25) is 0 Å². The van der Waals surface area contributed by atoms with Crippen molar-refractivity contribution in [2.75, 3.05) is 5.73 Å². The molecule has 0 bridgehead atoms. The van der Waals surface area contributed by atoms with Crippen LogP contribution < -0.4 is 5.73 Å². The molecule has 2 aromatic rings. The topological polar surface area (TPSA) is 26.0 Å². The molecule has 0 fully saturated rings. The van der Waals surface area contributed by atoms with Gasteiger partial charge in [-0.2, -0.15) is 0 Å². The van der Waals surface area contributed by atoms with Gasteiger partial charge >= 0.3 is 0 Å². The summed E-state index contributed by atoms with van der Waals surface area (Å²) in [6.45, 7) is 0. The number of fused-ring (bicyclic) bond motifs is 1. The Hall–Kier alpha value is -1.50. The van der Waals surface area contributed by atoms with Gasteiger partial charge in [0.15, 0.2) is 0 Å². The summed E-state index contributed by atoms with van der Waals surface area (Å²) in [4.78, 5) is 0. The maximum Gasteiger partial charge on any atom is 0.0320 e. The van der Waals surface area contributed by atoms with Gasteiger partial charge in [0.1, 0.15) is 0 Å². The number of anilines is 1. The Balaban J connectivity index is 2.83. The van der Waals surface area contributed by atoms with E-state index in [1.807, 2.05) is 30.3 Å². The van der Waals surface area contributed by atoms with E-state index in [1.54, 1.807) is 0 Å². The van der Waals surface area contributed by atoms with Gasteiger partial charge in [0, 0.05) is 5.69 Å². The Labute approximate surface area is 65.5 Å². The highest BCUT2D eigenvalue weighted by Crippen LogP contribution is 2.15. The fourth-order valence-electron chi connectivity index (χ4n) is 1.21. The van der Waals surface area contributed by atoms with Crippen LogP contribution in [0.3, 0.4) is 0 Å². The Kier molecular flexibility index (Phi) is 1.29. The van der Waals surface area contributed by atoms with E-state index in [-0.39, 0.29) is 0 Å². The molecular weight excluding hydrogens is 135 g/mol. The molecule has 0 radical (unpaired) electrons. The zero-order chi connectivity index (χ0) is 7.68. The number of nitrogens with two attached hydrogens (primary N) is 1. The minimum absolute atomic E-state index is 0.823. The van der Waals surface area contributed by atoms with Crippen molar-refractivity contribution in [3.63, 3.8) is 0 Å². The lowest BCUT2D eigenvalue weighted by Crippen LogP contribution is -1.82. The zero-order valence-electron chi connectivity index (χ0n) is 6.12. The van der Waals surface area contributed by atoms with E-state index >= 15 is 0 Å². The first-order chi connectivity index (χ1) is 5.36. The number of rotatable bonds is 0. The van der Waals surface area contributed by atoms with Gasteiger partial charge in [0.2, 0.25) is 0 Å². The standard InChI is InChI=1S/C10H9N/c11-10-6-5-8-3-1-2-4-9(8)7-10/h1-7H,11H2/i11+1. The molecule has 0 aromatic heterocycles. The van der Waals surface area contributed by atoms with Crippen molar-refractivity contribution in [2.45, 2.75) is 0 Å². The number of hydrogen-bond acceptors (Lipinski definition) is 1. The Bertz CT molecular complexity index is 379. The van der Waals surface area contributed by atoms with E-state index < -0.39 is 0 Å². The van der Waals surface area contributed by atoms with E-state index in [0.717, 1.165) is 5.69 Å². The summed E-state index contributed by atoms with van der Waals surface area (Å²) < 4.78 is 0. The van der Waals surface area contributed by atoms with Crippen LogP contribution in [-0.2, 0) is 0 Å². The lowest BCUT2D eigenvalue weighted by molar-refractivity contribution is 1.73. The largest absolute Gasteiger partial charge is 0.399 e. The fourth-order valence-corrected chi connectivity index (χ4v) is 1.21. The summed E-state index contributed by atoms with van der Waals surface area (Å²) in [5.41, 5.74) is 6.45. The van der Waals surface area contributed by atoms with Gasteiger partial charge in [-0.05, 0) is 22.9 Å². The summed E-state index contributed by atoms with van der Waals surface area (Å²) in [6.07, 6.45) is 0. The van der Waals surface area contributed by atoms with Crippen molar-refractivity contribution in [1.82, 2.24) is 0 Å². The van der Waals surface area contributed by atoms with Gasteiger partial charge in [0.25, 0.3) is 0 Å². The van der Waals surface area contributed by atoms with Crippen LogP contribution in [0.1, 0.15) is 0 Å². The molecule has 0 saturated carbocycles. The van der Waals surface area contributed by atoms with Gasteiger partial charge in [0.05, 0.1) is 0 Å². The number of nitrogen functional groups attached to an aromatic ring is 1. The van der Waals surface area contributed by atoms with Crippen LogP contribution in [-0.4, -0.2) is 0 Å². The predicted octanol–water partition coefficient (Wildman–Crippen LogP) is 2.42. The Morgan fingerprint density at radius 2 is 1.55 bits per heavy atom. The van der Waals surface area contributed by atoms with E-state index in [0.29, 0.717) is 0 Å². The van der Waals surface area contributed by atoms with Crippen molar-refractivity contribution in [3.8, 4) is 0 Å². The van der Waals surface area contributed by atoms with Gasteiger partial charge in [-0.1, -0.05) is 30.3 Å². The molecule has 0 spiro atoms. The summed E-state index contributed by atoms with van der Waals surface area (Å²) in [5.74, 6) is 0. The summed E-state index contributed by atoms with van der Waals surface area (Å²) in [7, 11) is 0. The summed E-state index contributed by atoms with van der Waals surface area (Å²) >= 11 is 0. The molecule has 2 rings (SSSR count). The SMILES string of the molecule is [15NH2]c1ccc2ccccc2c1. The van der Waals surface area contributed by atoms with Crippen molar-refractivity contribution in [1.29, 1.82) is 0 Å². The average Bonchev–Trinajstić information content (AvgIpc) is 2.04. The minimum atomic E-state index is 0.823. The van der Waals surface area contributed by atoms with Crippen LogP contribution in [0.5, 0.6) is 0 Å². The van der Waals surface area contributed by atoms with Crippen LogP contribution in [0, 0.1) is 0 Å². The zero-order valence-corrected chi connectivity index (χ0v) is 6.12. The van der Waals surface area contributed by atoms with Crippen LogP contribution in [0.4, 0.5) is 5.69 Å². The second kappa shape index (κ2) is 2.27. The highest BCUT2D eigenvalue weighted by atomic mass is 15.3. The number of benzene rings is 2. The van der Waals surface area contributed by atoms with E-state index in [9.17, 15) is 0 Å². The molecule has 0 aliphatic rings. The van der Waals surface area contributed by atoms with E-state index in [4.69, 9.17) is 5.73 Å². The quantitative estimate of drug-likeness (QED) is 0.446. The molecule has 1 nitrogen and oxygen atoms in total. The fraction of sp³-hybridized carbons (Fsp3) is 0. The normalized spacial score (nSPS) is 10.2. The van der Waals surface area contributed by atoms with Gasteiger partial charge < -0.3 is 5.73 Å². The summed E-state index contributed by atoms with van der Waals surface area (Å²) in [5, 5.41) is 2.44. The molecule has 2 aromatic carbocycles. The molecule has 0 heterocycles. The first-order valence-electron chi connectivity index (χ1n) is 3.60. The molecule has 0 unspecified atom stereocenters. The molecular formula is C10H9N. The molecule has 0 atom stereocenters. The number of hydrogen-bond donors (Lipinski definition) is 1. The van der Waals surface area contributed by atoms with Crippen molar-refractivity contribution in [3.05, 3.63) is 42.5 Å². The van der Waals surface area contributed by atoms with Crippen molar-refractivity contribution < 1.29 is 0 Å². The molecule has 54 valence electrons. The molecule has 1 heteroatoms. The first kappa shape index (κ1) is 6.23. The third kappa shape index (κ3) is 1.05. The predicted molar refractivity (Wildman–Crippen MR) is 48.4 cm³/mol. The van der Waals surface area contributed by atoms with Gasteiger partial charge in [-0.25, -0.2) is 0 Å². The second-order valence-corrected chi connectivity index (χ2v) is 2.61. The lowest BCUT2D eigenvalue weighted by Gasteiger charge is -1.96. The first-order valence-corrected chi connectivity index (χ1v) is 3.60. The molecule has 0 aliphatic carbocycles. The van der Waals surface area contributed by atoms with Crippen LogP contribution in [0.25, 0.3) is 10.8 Å². The molecule has 0 amide bonds. The average molecular weight is 144 g/mol. The van der Waals surface area contributed by atoms with Crippen LogP contribution >= 0.6 is 0 Å². The van der Waals surface area contributed by atoms with Crippen LogP contribution in [0.2, 0.25) is 0 Å². The Morgan fingerprint density at radius 3 is 2.36 bits per heavy atom. The Morgan fingerprint density at radius 1 is 0.818 bits per heavy atom. The highest BCUT2D eigenvalue weighted by molar-refractivity contribution is 5.85. The van der Waals surface area contributed by atoms with Crippen molar-refractivity contribution >= 4 is 16.5 Å². The minimum Gasteiger partial charge on any atom is -0.399 e. The molecule has 0 saturated heterocycles. The monoisotopic (exact) mass is 144 g/mol. The maximum atomic E-state index is 5.62. The summed E-state index contributed by atoms with van der Waals surface area (Å²) in [6, 6.07) is 14.1. The van der Waals surface area contributed by atoms with Crippen LogP contribution in [0.15, 0.2) is 42.5 Å². The molecule has 11 heavy (non-hydrogen) atoms. The third-order valence-electron chi connectivity index (χ3n) is 1.77.